The van der Waals surface area contributed by atoms with Gasteiger partial charge in [0.1, 0.15) is 5.75 Å². The molecule has 24 heavy (non-hydrogen) atoms. The normalized spacial score (nSPS) is 11.2. The topological polar surface area (TPSA) is 136 Å². The Labute approximate surface area is 134 Å². The molecule has 0 fully saturated rings. The fraction of sp³-hybridized carbons (Fsp3) is 0.286. The molecule has 0 aliphatic carbocycles. The van der Waals surface area contributed by atoms with E-state index in [2.05, 4.69) is 20.2 Å². The lowest BCUT2D eigenvalue weighted by atomic mass is 10.1. The van der Waals surface area contributed by atoms with Crippen LogP contribution in [0.4, 0.5) is 0 Å². The summed E-state index contributed by atoms with van der Waals surface area (Å²) in [4.78, 5) is 32.3. The highest BCUT2D eigenvalue weighted by molar-refractivity contribution is 5.74. The summed E-state index contributed by atoms with van der Waals surface area (Å²) in [6.45, 7) is 1.18. The smallest absolute Gasteiger partial charge is 0.332 e. The van der Waals surface area contributed by atoms with Crippen LogP contribution in [0.5, 0.6) is 5.75 Å². The number of fused-ring (bicyclic) bond motifs is 1. The number of rotatable bonds is 2. The van der Waals surface area contributed by atoms with Gasteiger partial charge in [-0.3, -0.25) is 18.9 Å². The molecule has 10 heteroatoms. The maximum atomic E-state index is 12.3. The lowest BCUT2D eigenvalue weighted by molar-refractivity contribution is 0.281. The first-order valence-corrected chi connectivity index (χ1v) is 6.96. The van der Waals surface area contributed by atoms with Crippen LogP contribution in [-0.2, 0) is 20.7 Å². The Bertz CT molecular complexity index is 1090. The largest absolute Gasteiger partial charge is 0.505 e. The maximum absolute atomic E-state index is 12.3. The lowest BCUT2D eigenvalue weighted by Crippen LogP contribution is -2.38. The number of aromatic hydroxyl groups is 1. The van der Waals surface area contributed by atoms with Crippen molar-refractivity contribution >= 4 is 11.2 Å². The second kappa shape index (κ2) is 5.49. The van der Waals surface area contributed by atoms with E-state index in [0.29, 0.717) is 11.3 Å². The molecule has 3 heterocycles. The zero-order valence-electron chi connectivity index (χ0n) is 13.2. The number of aromatic nitrogens is 6. The minimum atomic E-state index is -0.625. The van der Waals surface area contributed by atoms with E-state index >= 15 is 0 Å². The SMILES string of the molecule is Cc1ncc(CO)c(-c2nnc3c(n2)c(=O)n(C)c(=O)n3C)c1O. The van der Waals surface area contributed by atoms with Crippen LogP contribution >= 0.6 is 0 Å². The summed E-state index contributed by atoms with van der Waals surface area (Å²) in [5.74, 6) is -0.241. The van der Waals surface area contributed by atoms with Crippen LogP contribution in [0.3, 0.4) is 0 Å². The molecule has 3 rings (SSSR count). The van der Waals surface area contributed by atoms with Crippen LogP contribution in [0, 0.1) is 6.92 Å². The molecular formula is C14H14N6O4. The van der Waals surface area contributed by atoms with Gasteiger partial charge in [-0.05, 0) is 6.92 Å². The van der Waals surface area contributed by atoms with Gasteiger partial charge in [-0.2, -0.15) is 0 Å². The summed E-state index contributed by atoms with van der Waals surface area (Å²) in [5.41, 5.74) is -0.449. The fourth-order valence-corrected chi connectivity index (χ4v) is 2.36. The van der Waals surface area contributed by atoms with Gasteiger partial charge in [-0.1, -0.05) is 0 Å². The van der Waals surface area contributed by atoms with Crippen molar-refractivity contribution in [1.29, 1.82) is 0 Å². The maximum Gasteiger partial charge on any atom is 0.332 e. The lowest BCUT2D eigenvalue weighted by Gasteiger charge is -2.11. The minimum absolute atomic E-state index is 0.0302. The number of aliphatic hydroxyl groups excluding tert-OH is 1. The van der Waals surface area contributed by atoms with Crippen molar-refractivity contribution < 1.29 is 10.2 Å². The van der Waals surface area contributed by atoms with E-state index in [1.54, 1.807) is 6.92 Å². The van der Waals surface area contributed by atoms with Crippen molar-refractivity contribution in [3.05, 3.63) is 38.3 Å². The number of nitrogens with zero attached hydrogens (tertiary/aromatic N) is 6. The van der Waals surface area contributed by atoms with E-state index in [0.717, 1.165) is 9.13 Å². The average molecular weight is 330 g/mol. The first-order chi connectivity index (χ1) is 11.4. The third kappa shape index (κ3) is 2.15. The van der Waals surface area contributed by atoms with Crippen LogP contribution in [0.15, 0.2) is 15.8 Å². The van der Waals surface area contributed by atoms with E-state index in [1.807, 2.05) is 0 Å². The van der Waals surface area contributed by atoms with Crippen molar-refractivity contribution in [1.82, 2.24) is 29.3 Å². The van der Waals surface area contributed by atoms with E-state index in [4.69, 9.17) is 0 Å². The van der Waals surface area contributed by atoms with Crippen LogP contribution in [0.1, 0.15) is 11.3 Å². The molecule has 0 unspecified atom stereocenters. The molecule has 3 aromatic heterocycles. The van der Waals surface area contributed by atoms with E-state index < -0.39 is 17.9 Å². The van der Waals surface area contributed by atoms with Crippen LogP contribution in [0.25, 0.3) is 22.6 Å². The predicted octanol–water partition coefficient (Wildman–Crippen LogP) is -1.01. The number of pyridine rings is 1. The Morgan fingerprint density at radius 1 is 1.17 bits per heavy atom. The molecule has 0 atom stereocenters. The average Bonchev–Trinajstić information content (AvgIpc) is 2.59. The summed E-state index contributed by atoms with van der Waals surface area (Å²) >= 11 is 0. The van der Waals surface area contributed by atoms with Crippen LogP contribution < -0.4 is 11.2 Å². The van der Waals surface area contributed by atoms with Crippen molar-refractivity contribution in [3.63, 3.8) is 0 Å². The number of hydrogen-bond donors (Lipinski definition) is 2. The molecular weight excluding hydrogens is 316 g/mol. The number of aryl methyl sites for hydroxylation is 2. The number of aliphatic hydroxyl groups is 1. The molecule has 0 amide bonds. The van der Waals surface area contributed by atoms with Gasteiger partial charge >= 0.3 is 5.69 Å². The molecule has 2 N–H and O–H groups in total. The van der Waals surface area contributed by atoms with Gasteiger partial charge in [-0.25, -0.2) is 9.78 Å². The second-order valence-corrected chi connectivity index (χ2v) is 5.26. The highest BCUT2D eigenvalue weighted by Gasteiger charge is 2.19. The van der Waals surface area contributed by atoms with E-state index in [-0.39, 0.29) is 28.3 Å². The minimum Gasteiger partial charge on any atom is -0.505 e. The quantitative estimate of drug-likeness (QED) is 0.610. The molecule has 3 aromatic rings. The molecule has 0 aromatic carbocycles. The van der Waals surface area contributed by atoms with Gasteiger partial charge in [0.25, 0.3) is 5.56 Å². The van der Waals surface area contributed by atoms with Crippen LogP contribution in [0.2, 0.25) is 0 Å². The molecule has 0 saturated heterocycles. The summed E-state index contributed by atoms with van der Waals surface area (Å²) < 4.78 is 2.07. The Balaban J connectivity index is 2.41. The van der Waals surface area contributed by atoms with Crippen LogP contribution in [-0.4, -0.2) is 39.5 Å². The molecule has 0 saturated carbocycles. The van der Waals surface area contributed by atoms with E-state index in [9.17, 15) is 19.8 Å². The van der Waals surface area contributed by atoms with E-state index in [1.165, 1.54) is 20.3 Å². The highest BCUT2D eigenvalue weighted by Crippen LogP contribution is 2.31. The third-order valence-electron chi connectivity index (χ3n) is 3.78. The Kier molecular flexibility index (Phi) is 3.60. The Morgan fingerprint density at radius 3 is 2.54 bits per heavy atom. The fourth-order valence-electron chi connectivity index (χ4n) is 2.36. The third-order valence-corrected chi connectivity index (χ3v) is 3.78. The molecule has 0 aliphatic heterocycles. The predicted molar refractivity (Wildman–Crippen MR) is 83.4 cm³/mol. The summed E-state index contributed by atoms with van der Waals surface area (Å²) in [6.07, 6.45) is 1.39. The van der Waals surface area contributed by atoms with Gasteiger partial charge in [0.05, 0.1) is 17.9 Å². The highest BCUT2D eigenvalue weighted by atomic mass is 16.3. The molecule has 0 spiro atoms. The van der Waals surface area contributed by atoms with Crippen molar-refractivity contribution in [2.45, 2.75) is 13.5 Å². The summed E-state index contributed by atoms with van der Waals surface area (Å²) in [6, 6.07) is 0. The molecule has 10 nitrogen and oxygen atoms in total. The van der Waals surface area contributed by atoms with Crippen molar-refractivity contribution in [2.24, 2.45) is 14.1 Å². The van der Waals surface area contributed by atoms with Crippen molar-refractivity contribution in [2.75, 3.05) is 0 Å². The first kappa shape index (κ1) is 15.7. The zero-order valence-corrected chi connectivity index (χ0v) is 13.2. The zero-order chi connectivity index (χ0) is 17.6. The second-order valence-electron chi connectivity index (χ2n) is 5.26. The summed E-state index contributed by atoms with van der Waals surface area (Å²) in [7, 11) is 2.78. The first-order valence-electron chi connectivity index (χ1n) is 6.96. The van der Waals surface area contributed by atoms with Crippen molar-refractivity contribution in [3.8, 4) is 17.1 Å². The Morgan fingerprint density at radius 2 is 1.88 bits per heavy atom. The monoisotopic (exact) mass is 330 g/mol. The Hall–Kier alpha value is -3.14. The number of hydrogen-bond acceptors (Lipinski definition) is 8. The molecule has 0 bridgehead atoms. The molecule has 124 valence electrons. The molecule has 0 radical (unpaired) electrons. The standard InChI is InChI=1S/C14H14N6O4/c1-6-10(22)8(7(5-21)4-15-6)11-16-9-12(18-17-11)19(2)14(24)20(3)13(9)23/h4,21-22H,5H2,1-3H3. The van der Waals surface area contributed by atoms with Gasteiger partial charge in [-0.15, -0.1) is 10.2 Å². The summed E-state index contributed by atoms with van der Waals surface area (Å²) in [5, 5.41) is 27.5. The van der Waals surface area contributed by atoms with Gasteiger partial charge in [0, 0.05) is 25.9 Å². The van der Waals surface area contributed by atoms with Gasteiger partial charge in [0.2, 0.25) is 0 Å². The molecule has 0 aliphatic rings. The van der Waals surface area contributed by atoms with Gasteiger partial charge < -0.3 is 10.2 Å². The van der Waals surface area contributed by atoms with Gasteiger partial charge in [0.15, 0.2) is 17.0 Å².